The summed E-state index contributed by atoms with van der Waals surface area (Å²) in [6.45, 7) is -0.413. The van der Waals surface area contributed by atoms with E-state index in [1.165, 1.54) is 21.3 Å². The fraction of sp³-hybridized carbons (Fsp3) is 0.130. The predicted octanol–water partition coefficient (Wildman–Crippen LogP) is 3.32. The lowest BCUT2D eigenvalue weighted by atomic mass is 10.2. The molecule has 0 aliphatic heterocycles. The first-order chi connectivity index (χ1) is 15.7. The van der Waals surface area contributed by atoms with Gasteiger partial charge in [0.15, 0.2) is 0 Å². The van der Waals surface area contributed by atoms with Gasteiger partial charge in [-0.25, -0.2) is 13.2 Å². The van der Waals surface area contributed by atoms with E-state index in [2.05, 4.69) is 27.9 Å². The molecule has 0 bridgehead atoms. The molecule has 0 fully saturated rings. The van der Waals surface area contributed by atoms with Crippen LogP contribution in [0.2, 0.25) is 0 Å². The van der Waals surface area contributed by atoms with Gasteiger partial charge in [-0.2, -0.15) is 0 Å². The highest BCUT2D eigenvalue weighted by molar-refractivity contribution is 14.1. The van der Waals surface area contributed by atoms with Crippen LogP contribution in [0.1, 0.15) is 0 Å². The number of aryl methyl sites for hydroxylation is 2. The van der Waals surface area contributed by atoms with E-state index in [-0.39, 0.29) is 10.6 Å². The van der Waals surface area contributed by atoms with Crippen molar-refractivity contribution in [2.75, 3.05) is 16.2 Å². The number of anilines is 2. The second kappa shape index (κ2) is 9.02. The zero-order valence-electron chi connectivity index (χ0n) is 17.9. The number of benzene rings is 3. The zero-order chi connectivity index (χ0) is 23.8. The number of nitrogens with zero attached hydrogens (tertiary/aromatic N) is 3. The number of rotatable bonds is 6. The fourth-order valence-electron chi connectivity index (χ4n) is 3.56. The molecule has 0 saturated heterocycles. The topological polar surface area (TPSA) is 93.4 Å². The first kappa shape index (κ1) is 23.1. The molecule has 0 aliphatic rings. The van der Waals surface area contributed by atoms with Crippen molar-refractivity contribution >= 4 is 60.9 Å². The van der Waals surface area contributed by atoms with Gasteiger partial charge in [0.1, 0.15) is 6.54 Å². The van der Waals surface area contributed by atoms with Crippen molar-refractivity contribution in [1.82, 2.24) is 9.13 Å². The maximum atomic E-state index is 13.4. The Morgan fingerprint density at radius 3 is 2.24 bits per heavy atom. The van der Waals surface area contributed by atoms with E-state index in [0.29, 0.717) is 16.9 Å². The van der Waals surface area contributed by atoms with Crippen LogP contribution in [-0.2, 0) is 28.9 Å². The van der Waals surface area contributed by atoms with Crippen molar-refractivity contribution < 1.29 is 13.2 Å². The van der Waals surface area contributed by atoms with Gasteiger partial charge in [-0.3, -0.25) is 18.2 Å². The molecule has 1 amide bonds. The molecule has 0 unspecified atom stereocenters. The summed E-state index contributed by atoms with van der Waals surface area (Å²) in [4.78, 5) is 25.2. The quantitative estimate of drug-likeness (QED) is 0.357. The van der Waals surface area contributed by atoms with Crippen LogP contribution in [0.4, 0.5) is 11.4 Å². The van der Waals surface area contributed by atoms with Crippen LogP contribution in [0, 0.1) is 3.57 Å². The van der Waals surface area contributed by atoms with Gasteiger partial charge in [0.2, 0.25) is 5.91 Å². The van der Waals surface area contributed by atoms with E-state index >= 15 is 0 Å². The molecular weight excluding hydrogens is 555 g/mol. The number of halogens is 1. The molecule has 4 aromatic rings. The minimum Gasteiger partial charge on any atom is -0.324 e. The van der Waals surface area contributed by atoms with Gasteiger partial charge in [0, 0.05) is 23.4 Å². The van der Waals surface area contributed by atoms with Crippen molar-refractivity contribution in [3.05, 3.63) is 86.9 Å². The third-order valence-electron chi connectivity index (χ3n) is 5.29. The molecule has 170 valence electrons. The van der Waals surface area contributed by atoms with E-state index in [4.69, 9.17) is 0 Å². The second-order valence-electron chi connectivity index (χ2n) is 7.45. The standard InChI is InChI=1S/C23H21IN4O4S/c1-26-20-13-10-17(14-21(20)27(2)23(26)30)25-22(29)15-28(18-11-8-16(24)9-12-18)33(31,32)19-6-4-3-5-7-19/h3-14H,15H2,1-2H3,(H,25,29). The number of hydrogen-bond acceptors (Lipinski definition) is 4. The Morgan fingerprint density at radius 1 is 0.939 bits per heavy atom. The molecule has 0 spiro atoms. The summed E-state index contributed by atoms with van der Waals surface area (Å²) < 4.78 is 31.8. The number of carbonyl (C=O) groups is 1. The van der Waals surface area contributed by atoms with Gasteiger partial charge in [-0.15, -0.1) is 0 Å². The molecule has 0 atom stereocenters. The molecule has 1 heterocycles. The Labute approximate surface area is 204 Å². The Hall–Kier alpha value is -3.12. The van der Waals surface area contributed by atoms with Crippen LogP contribution in [0.3, 0.4) is 0 Å². The number of fused-ring (bicyclic) bond motifs is 1. The van der Waals surface area contributed by atoms with Crippen molar-refractivity contribution in [2.45, 2.75) is 4.90 Å². The van der Waals surface area contributed by atoms with Crippen LogP contribution >= 0.6 is 22.6 Å². The van der Waals surface area contributed by atoms with Crippen molar-refractivity contribution in [2.24, 2.45) is 14.1 Å². The summed E-state index contributed by atoms with van der Waals surface area (Å²) in [5.41, 5.74) is 2.07. The van der Waals surface area contributed by atoms with Gasteiger partial charge in [0.05, 0.1) is 21.6 Å². The summed E-state index contributed by atoms with van der Waals surface area (Å²) in [7, 11) is -0.646. The van der Waals surface area contributed by atoms with Crippen molar-refractivity contribution in [1.29, 1.82) is 0 Å². The molecule has 1 aromatic heterocycles. The van der Waals surface area contributed by atoms with E-state index < -0.39 is 22.5 Å². The smallest absolute Gasteiger partial charge is 0.324 e. The molecule has 8 nitrogen and oxygen atoms in total. The number of nitrogens with one attached hydrogen (secondary N) is 1. The highest BCUT2D eigenvalue weighted by Crippen LogP contribution is 2.25. The molecular formula is C23H21IN4O4S. The van der Waals surface area contributed by atoms with Crippen LogP contribution in [-0.4, -0.2) is 30.0 Å². The van der Waals surface area contributed by atoms with Crippen LogP contribution in [0.5, 0.6) is 0 Å². The first-order valence-electron chi connectivity index (χ1n) is 9.97. The second-order valence-corrected chi connectivity index (χ2v) is 10.6. The van der Waals surface area contributed by atoms with Crippen LogP contribution in [0.15, 0.2) is 82.5 Å². The molecule has 3 aromatic carbocycles. The van der Waals surface area contributed by atoms with Gasteiger partial charge in [0.25, 0.3) is 10.0 Å². The summed E-state index contributed by atoms with van der Waals surface area (Å²) >= 11 is 2.13. The van der Waals surface area contributed by atoms with E-state index in [9.17, 15) is 18.0 Å². The number of imidazole rings is 1. The first-order valence-corrected chi connectivity index (χ1v) is 12.5. The third-order valence-corrected chi connectivity index (χ3v) is 7.80. The maximum absolute atomic E-state index is 13.4. The molecule has 0 saturated carbocycles. The largest absolute Gasteiger partial charge is 0.328 e. The highest BCUT2D eigenvalue weighted by Gasteiger charge is 2.27. The summed E-state index contributed by atoms with van der Waals surface area (Å²) in [6, 6.07) is 20.0. The molecule has 4 rings (SSSR count). The third kappa shape index (κ3) is 4.53. The molecule has 33 heavy (non-hydrogen) atoms. The minimum atomic E-state index is -3.98. The highest BCUT2D eigenvalue weighted by atomic mass is 127. The van der Waals surface area contributed by atoms with Gasteiger partial charge in [-0.1, -0.05) is 18.2 Å². The normalized spacial score (nSPS) is 11.5. The lowest BCUT2D eigenvalue weighted by Gasteiger charge is -2.24. The molecule has 1 N–H and O–H groups in total. The lowest BCUT2D eigenvalue weighted by molar-refractivity contribution is -0.114. The minimum absolute atomic E-state index is 0.0945. The Kier molecular flexibility index (Phi) is 6.30. The Balaban J connectivity index is 1.66. The van der Waals surface area contributed by atoms with E-state index in [1.807, 2.05) is 0 Å². The van der Waals surface area contributed by atoms with Gasteiger partial charge >= 0.3 is 5.69 Å². The van der Waals surface area contributed by atoms with E-state index in [1.54, 1.807) is 74.8 Å². The summed E-state index contributed by atoms with van der Waals surface area (Å²) in [6.07, 6.45) is 0. The monoisotopic (exact) mass is 576 g/mol. The maximum Gasteiger partial charge on any atom is 0.328 e. The molecule has 0 radical (unpaired) electrons. The fourth-order valence-corrected chi connectivity index (χ4v) is 5.36. The number of hydrogen-bond donors (Lipinski definition) is 1. The van der Waals surface area contributed by atoms with Crippen molar-refractivity contribution in [3.63, 3.8) is 0 Å². The summed E-state index contributed by atoms with van der Waals surface area (Å²) in [5.74, 6) is -0.506. The number of amides is 1. The Morgan fingerprint density at radius 2 is 1.58 bits per heavy atom. The SMILES string of the molecule is Cn1c(=O)n(C)c2cc(NC(=O)CN(c3ccc(I)cc3)S(=O)(=O)c3ccccc3)ccc21. The number of sulfonamides is 1. The molecule has 0 aliphatic carbocycles. The predicted molar refractivity (Wildman–Crippen MR) is 137 cm³/mol. The van der Waals surface area contributed by atoms with Crippen molar-refractivity contribution in [3.8, 4) is 0 Å². The number of aromatic nitrogens is 2. The summed E-state index contributed by atoms with van der Waals surface area (Å²) in [5, 5.41) is 2.75. The zero-order valence-corrected chi connectivity index (χ0v) is 20.9. The average molecular weight is 576 g/mol. The lowest BCUT2D eigenvalue weighted by Crippen LogP contribution is -2.38. The Bertz CT molecular complexity index is 1490. The van der Waals surface area contributed by atoms with E-state index in [0.717, 1.165) is 13.4 Å². The van der Waals surface area contributed by atoms with Crippen LogP contribution in [0.25, 0.3) is 11.0 Å². The van der Waals surface area contributed by atoms with Crippen LogP contribution < -0.4 is 15.3 Å². The molecule has 10 heteroatoms. The van der Waals surface area contributed by atoms with Gasteiger partial charge in [-0.05, 0) is 77.2 Å². The van der Waals surface area contributed by atoms with Gasteiger partial charge < -0.3 is 5.32 Å². The average Bonchev–Trinajstić information content (AvgIpc) is 3.02. The number of carbonyl (C=O) groups excluding carboxylic acids is 1.